The summed E-state index contributed by atoms with van der Waals surface area (Å²) in [6.07, 6.45) is 0. The van der Waals surface area contributed by atoms with Gasteiger partial charge in [-0.15, -0.1) is 0 Å². The van der Waals surface area contributed by atoms with E-state index in [0.717, 1.165) is 33.8 Å². The highest BCUT2D eigenvalue weighted by Gasteiger charge is 2.52. The fourth-order valence-corrected chi connectivity index (χ4v) is 10.7. The molecule has 12 rings (SSSR count). The fraction of sp³-hybridized carbons (Fsp3) is 0.0690. The van der Waals surface area contributed by atoms with Crippen molar-refractivity contribution in [3.05, 3.63) is 252 Å². The Kier molecular flexibility index (Phi) is 6.47. The zero-order valence-corrected chi connectivity index (χ0v) is 33.3. The maximum Gasteiger partial charge on any atom is 0.0726 e. The number of hydrogen-bond donors (Lipinski definition) is 0. The van der Waals surface area contributed by atoms with Crippen LogP contribution < -0.4 is 9.80 Å². The van der Waals surface area contributed by atoms with Gasteiger partial charge >= 0.3 is 0 Å². The van der Waals surface area contributed by atoms with Crippen molar-refractivity contribution in [3.8, 4) is 33.4 Å². The SMILES string of the molecule is [2H]c1c([2H])c([2H])c(N(c2ccccc2)c2ccc3c(c2)-c2ccccc2C32c3ccccc3-c3ccc(N(c4ccccc4)c4cccc5c4-c4ccccc4C5(C)C)cc32)c([2H])c1[2H]. The van der Waals surface area contributed by atoms with Gasteiger partial charge in [-0.2, -0.15) is 0 Å². The van der Waals surface area contributed by atoms with Crippen molar-refractivity contribution in [2.45, 2.75) is 24.7 Å². The van der Waals surface area contributed by atoms with Gasteiger partial charge in [-0.25, -0.2) is 0 Å². The molecule has 0 heterocycles. The van der Waals surface area contributed by atoms with Crippen LogP contribution in [0.1, 0.15) is 54.1 Å². The predicted octanol–water partition coefficient (Wildman–Crippen LogP) is 15.3. The minimum atomic E-state index is -0.684. The summed E-state index contributed by atoms with van der Waals surface area (Å²) in [5, 5.41) is 0. The van der Waals surface area contributed by atoms with Crippen LogP contribution in [-0.2, 0) is 10.8 Å². The summed E-state index contributed by atoms with van der Waals surface area (Å²) in [6, 6.07) is 64.9. The first-order valence-corrected chi connectivity index (χ1v) is 20.6. The van der Waals surface area contributed by atoms with Crippen molar-refractivity contribution >= 4 is 34.1 Å². The van der Waals surface area contributed by atoms with Crippen LogP contribution in [-0.4, -0.2) is 0 Å². The van der Waals surface area contributed by atoms with Gasteiger partial charge in [-0.3, -0.25) is 0 Å². The Bertz CT molecular complexity index is 3410. The molecule has 0 radical (unpaired) electrons. The number of fused-ring (bicyclic) bond motifs is 13. The Morgan fingerprint density at radius 3 is 1.57 bits per heavy atom. The van der Waals surface area contributed by atoms with Crippen molar-refractivity contribution in [2.24, 2.45) is 0 Å². The minimum absolute atomic E-state index is 0.101. The Morgan fingerprint density at radius 1 is 0.350 bits per heavy atom. The smallest absolute Gasteiger partial charge is 0.0726 e. The molecule has 0 amide bonds. The summed E-state index contributed by atoms with van der Waals surface area (Å²) < 4.78 is 43.8. The van der Waals surface area contributed by atoms with Crippen LogP contribution >= 0.6 is 0 Å². The van der Waals surface area contributed by atoms with Crippen molar-refractivity contribution in [3.63, 3.8) is 0 Å². The molecule has 3 aliphatic carbocycles. The summed E-state index contributed by atoms with van der Waals surface area (Å²) in [4.78, 5) is 4.23. The molecule has 0 aliphatic heterocycles. The van der Waals surface area contributed by atoms with Crippen LogP contribution in [0.3, 0.4) is 0 Å². The summed E-state index contributed by atoms with van der Waals surface area (Å²) in [5.41, 5.74) is 18.2. The third-order valence-corrected chi connectivity index (χ3v) is 13.1. The van der Waals surface area contributed by atoms with E-state index in [1.54, 1.807) is 4.90 Å². The first kappa shape index (κ1) is 29.7. The molecular weight excluding hydrogens is 725 g/mol. The van der Waals surface area contributed by atoms with E-state index in [-0.39, 0.29) is 35.3 Å². The molecule has 0 saturated carbocycles. The first-order chi connectivity index (χ1) is 31.6. The third kappa shape index (κ3) is 4.76. The number of para-hydroxylation sites is 3. The van der Waals surface area contributed by atoms with Crippen LogP contribution in [0.5, 0.6) is 0 Å². The van der Waals surface area contributed by atoms with E-state index in [0.29, 0.717) is 11.4 Å². The molecule has 284 valence electrons. The summed E-state index contributed by atoms with van der Waals surface area (Å²) in [7, 11) is 0. The number of anilines is 6. The van der Waals surface area contributed by atoms with Gasteiger partial charge in [0.15, 0.2) is 0 Å². The zero-order chi connectivity index (χ0) is 44.4. The quantitative estimate of drug-likeness (QED) is 0.166. The molecule has 2 nitrogen and oxygen atoms in total. The van der Waals surface area contributed by atoms with Crippen molar-refractivity contribution in [1.82, 2.24) is 0 Å². The molecule has 2 heteroatoms. The molecule has 0 fully saturated rings. The fourth-order valence-electron chi connectivity index (χ4n) is 10.7. The Labute approximate surface area is 359 Å². The second kappa shape index (κ2) is 13.0. The molecule has 1 atom stereocenters. The lowest BCUT2D eigenvalue weighted by molar-refractivity contribution is 0.660. The molecule has 60 heavy (non-hydrogen) atoms. The maximum absolute atomic E-state index is 9.08. The van der Waals surface area contributed by atoms with Crippen LogP contribution in [0.15, 0.2) is 218 Å². The van der Waals surface area contributed by atoms with Crippen LogP contribution in [0.4, 0.5) is 34.1 Å². The molecule has 1 spiro atoms. The average molecular weight is 772 g/mol. The molecule has 0 saturated heterocycles. The van der Waals surface area contributed by atoms with Crippen LogP contribution in [0.2, 0.25) is 0 Å². The lowest BCUT2D eigenvalue weighted by atomic mass is 9.70. The van der Waals surface area contributed by atoms with Crippen LogP contribution in [0.25, 0.3) is 33.4 Å². The lowest BCUT2D eigenvalue weighted by Crippen LogP contribution is -2.26. The largest absolute Gasteiger partial charge is 0.310 e. The average Bonchev–Trinajstić information content (AvgIpc) is 3.90. The molecule has 9 aromatic rings. The van der Waals surface area contributed by atoms with Crippen molar-refractivity contribution < 1.29 is 6.85 Å². The zero-order valence-electron chi connectivity index (χ0n) is 38.3. The number of benzene rings is 9. The van der Waals surface area contributed by atoms with E-state index in [4.69, 9.17) is 6.85 Å². The maximum atomic E-state index is 9.08. The van der Waals surface area contributed by atoms with Gasteiger partial charge in [0, 0.05) is 39.4 Å². The van der Waals surface area contributed by atoms with Gasteiger partial charge in [0.05, 0.1) is 18.0 Å². The second-order valence-corrected chi connectivity index (χ2v) is 16.5. The summed E-state index contributed by atoms with van der Waals surface area (Å²) >= 11 is 0. The van der Waals surface area contributed by atoms with Gasteiger partial charge in [-0.1, -0.05) is 165 Å². The molecule has 0 aromatic heterocycles. The van der Waals surface area contributed by atoms with E-state index in [1.165, 1.54) is 50.1 Å². The molecule has 1 unspecified atom stereocenters. The summed E-state index contributed by atoms with van der Waals surface area (Å²) in [5.74, 6) is 0. The monoisotopic (exact) mass is 771 g/mol. The highest BCUT2D eigenvalue weighted by Crippen LogP contribution is 2.64. The first-order valence-electron chi connectivity index (χ1n) is 23.1. The van der Waals surface area contributed by atoms with Gasteiger partial charge < -0.3 is 9.80 Å². The number of hydrogen-bond acceptors (Lipinski definition) is 2. The molecule has 0 N–H and O–H groups in total. The normalized spacial score (nSPS) is 16.9. The molecule has 9 aromatic carbocycles. The minimum Gasteiger partial charge on any atom is -0.310 e. The summed E-state index contributed by atoms with van der Waals surface area (Å²) in [6.45, 7) is 4.66. The highest BCUT2D eigenvalue weighted by molar-refractivity contribution is 5.99. The van der Waals surface area contributed by atoms with Gasteiger partial charge in [0.25, 0.3) is 0 Å². The van der Waals surface area contributed by atoms with E-state index < -0.39 is 11.5 Å². The van der Waals surface area contributed by atoms with E-state index in [1.807, 2.05) is 36.4 Å². The van der Waals surface area contributed by atoms with Crippen molar-refractivity contribution in [1.29, 1.82) is 0 Å². The van der Waals surface area contributed by atoms with E-state index in [9.17, 15) is 0 Å². The van der Waals surface area contributed by atoms with E-state index >= 15 is 0 Å². The molecular formula is C58H42N2. The van der Waals surface area contributed by atoms with Gasteiger partial charge in [0.2, 0.25) is 0 Å². The number of rotatable bonds is 6. The van der Waals surface area contributed by atoms with Crippen LogP contribution in [0, 0.1) is 0 Å². The molecule has 3 aliphatic rings. The second-order valence-electron chi connectivity index (χ2n) is 16.5. The Balaban J connectivity index is 1.11. The van der Waals surface area contributed by atoms with Crippen molar-refractivity contribution in [2.75, 3.05) is 9.80 Å². The van der Waals surface area contributed by atoms with Gasteiger partial charge in [-0.05, 0) is 128 Å². The predicted molar refractivity (Wildman–Crippen MR) is 250 cm³/mol. The molecule has 0 bridgehead atoms. The lowest BCUT2D eigenvalue weighted by Gasteiger charge is -2.33. The topological polar surface area (TPSA) is 6.48 Å². The Hall–Kier alpha value is -7.42. The Morgan fingerprint density at radius 2 is 0.867 bits per heavy atom. The number of nitrogens with zero attached hydrogens (tertiary/aromatic N) is 2. The highest BCUT2D eigenvalue weighted by atomic mass is 15.1. The van der Waals surface area contributed by atoms with Gasteiger partial charge in [0.1, 0.15) is 0 Å². The third-order valence-electron chi connectivity index (χ3n) is 13.1. The standard InChI is InChI=1S/C58H42N2/c1-57(2)49-28-15-14-27-47(49)56-53(57)31-18-32-55(56)60(41-23-10-5-11-24-41)43-33-35-46-44-25-12-16-29-50(44)58(54(46)38-43)51-30-17-13-26-45(51)48-37-42(34-36-52(48)58)59(39-19-6-3-7-20-39)40-21-8-4-9-22-40/h3-38H,1-2H3/i3D,6D,7D,19D,20D. The van der Waals surface area contributed by atoms with E-state index in [2.05, 4.69) is 170 Å².